The number of hydrogen-bond donors (Lipinski definition) is 1. The number of benzene rings is 2. The first-order valence-electron chi connectivity index (χ1n) is 15.8. The van der Waals surface area contributed by atoms with Crippen molar-refractivity contribution in [3.63, 3.8) is 0 Å². The van der Waals surface area contributed by atoms with Crippen LogP contribution in [0.5, 0.6) is 5.75 Å². The Kier molecular flexibility index (Phi) is 12.8. The van der Waals surface area contributed by atoms with Crippen molar-refractivity contribution >= 4 is 17.1 Å². The zero-order valence-electron chi connectivity index (χ0n) is 24.9. The Hall–Kier alpha value is -3.60. The summed E-state index contributed by atoms with van der Waals surface area (Å²) in [5.41, 5.74) is 4.01. The number of carbonyl (C=O) groups excluding carboxylic acids is 1. The Morgan fingerprint density at radius 1 is 0.805 bits per heavy atom. The normalized spacial score (nSPS) is 11.1. The fourth-order valence-electron chi connectivity index (χ4n) is 5.37. The third-order valence-corrected chi connectivity index (χ3v) is 7.67. The summed E-state index contributed by atoms with van der Waals surface area (Å²) in [6, 6.07) is 22.1. The van der Waals surface area contributed by atoms with Crippen LogP contribution in [-0.4, -0.2) is 16.9 Å². The quantitative estimate of drug-likeness (QED) is 0.0932. The number of aromatic nitrogens is 2. The summed E-state index contributed by atoms with van der Waals surface area (Å²) in [5.74, 6) is 0.818. The maximum Gasteiger partial charge on any atom is 0.249 e. The number of rotatable bonds is 19. The molecule has 1 N–H and O–H groups in total. The number of ether oxygens (including phenoxy) is 1. The SMILES string of the molecule is CCCCCCCCCCCCCCOc1cccc(CC(=O)Nc2ccccc2C[n+]2cc3ccccn3c2)c1. The molecule has 0 saturated carbocycles. The molecule has 5 heteroatoms. The highest BCUT2D eigenvalue weighted by atomic mass is 16.5. The lowest BCUT2D eigenvalue weighted by Gasteiger charge is -2.11. The van der Waals surface area contributed by atoms with Gasteiger partial charge in [0.2, 0.25) is 12.2 Å². The number of anilines is 1. The van der Waals surface area contributed by atoms with Gasteiger partial charge in [-0.2, -0.15) is 0 Å². The lowest BCUT2D eigenvalue weighted by atomic mass is 10.1. The molecule has 41 heavy (non-hydrogen) atoms. The first-order valence-corrected chi connectivity index (χ1v) is 15.8. The molecule has 0 bridgehead atoms. The van der Waals surface area contributed by atoms with Crippen LogP contribution < -0.4 is 14.6 Å². The Bertz CT molecular complexity index is 1300. The number of amides is 1. The zero-order valence-corrected chi connectivity index (χ0v) is 24.9. The molecule has 0 saturated heterocycles. The van der Waals surface area contributed by atoms with E-state index in [0.717, 1.165) is 41.1 Å². The average Bonchev–Trinajstić information content (AvgIpc) is 3.39. The van der Waals surface area contributed by atoms with Crippen LogP contribution in [0.25, 0.3) is 5.52 Å². The van der Waals surface area contributed by atoms with Crippen molar-refractivity contribution in [1.29, 1.82) is 0 Å². The summed E-state index contributed by atoms with van der Waals surface area (Å²) in [6.07, 6.45) is 22.6. The molecule has 2 aromatic carbocycles. The number of para-hydroxylation sites is 1. The molecule has 4 rings (SSSR count). The van der Waals surface area contributed by atoms with Crippen molar-refractivity contribution in [3.8, 4) is 5.75 Å². The van der Waals surface area contributed by atoms with Crippen molar-refractivity contribution in [1.82, 2.24) is 4.40 Å². The van der Waals surface area contributed by atoms with Crippen molar-refractivity contribution in [2.75, 3.05) is 11.9 Å². The molecule has 0 radical (unpaired) electrons. The third kappa shape index (κ3) is 10.7. The molecular formula is C36H48N3O2+. The molecule has 2 aromatic heterocycles. The fraction of sp³-hybridized carbons (Fsp3) is 0.444. The van der Waals surface area contributed by atoms with Crippen LogP contribution in [0.1, 0.15) is 95.1 Å². The van der Waals surface area contributed by atoms with Crippen LogP contribution in [0.4, 0.5) is 5.69 Å². The molecule has 0 aliphatic carbocycles. The molecule has 2 heterocycles. The topological polar surface area (TPSA) is 46.6 Å². The van der Waals surface area contributed by atoms with Gasteiger partial charge in [0.15, 0.2) is 5.52 Å². The van der Waals surface area contributed by atoms with Crippen LogP contribution >= 0.6 is 0 Å². The first-order chi connectivity index (χ1) is 20.2. The third-order valence-electron chi connectivity index (χ3n) is 7.67. The largest absolute Gasteiger partial charge is 0.494 e. The summed E-state index contributed by atoms with van der Waals surface area (Å²) in [6.45, 7) is 3.69. The van der Waals surface area contributed by atoms with Crippen LogP contribution in [-0.2, 0) is 17.8 Å². The molecule has 4 aromatic rings. The highest BCUT2D eigenvalue weighted by Crippen LogP contribution is 2.18. The van der Waals surface area contributed by atoms with Gasteiger partial charge >= 0.3 is 0 Å². The van der Waals surface area contributed by atoms with Gasteiger partial charge in [-0.05, 0) is 42.3 Å². The van der Waals surface area contributed by atoms with E-state index in [2.05, 4.69) is 45.9 Å². The van der Waals surface area contributed by atoms with Gasteiger partial charge in [0.25, 0.3) is 0 Å². The van der Waals surface area contributed by atoms with Crippen molar-refractivity contribution in [2.24, 2.45) is 0 Å². The van der Waals surface area contributed by atoms with E-state index in [4.69, 9.17) is 4.74 Å². The predicted molar refractivity (Wildman–Crippen MR) is 168 cm³/mol. The minimum atomic E-state index is -0.0254. The van der Waals surface area contributed by atoms with Crippen molar-refractivity contribution < 1.29 is 14.1 Å². The smallest absolute Gasteiger partial charge is 0.249 e. The minimum Gasteiger partial charge on any atom is -0.494 e. The van der Waals surface area contributed by atoms with Gasteiger partial charge in [-0.15, -0.1) is 0 Å². The molecule has 1 amide bonds. The maximum atomic E-state index is 13.0. The van der Waals surface area contributed by atoms with Crippen LogP contribution in [0, 0.1) is 0 Å². The van der Waals surface area contributed by atoms with Crippen LogP contribution in [0.15, 0.2) is 85.5 Å². The number of nitrogens with zero attached hydrogens (tertiary/aromatic N) is 2. The van der Waals surface area contributed by atoms with Crippen LogP contribution in [0.2, 0.25) is 0 Å². The molecule has 0 aliphatic heterocycles. The van der Waals surface area contributed by atoms with Gasteiger partial charge in [0.05, 0.1) is 19.2 Å². The molecule has 0 atom stereocenters. The molecule has 0 spiro atoms. The summed E-state index contributed by atoms with van der Waals surface area (Å²) in [5, 5.41) is 3.13. The zero-order chi connectivity index (χ0) is 28.5. The highest BCUT2D eigenvalue weighted by Gasteiger charge is 2.12. The van der Waals surface area contributed by atoms with Gasteiger partial charge in [0, 0.05) is 11.3 Å². The van der Waals surface area contributed by atoms with Gasteiger partial charge in [0.1, 0.15) is 18.5 Å². The number of hydrogen-bond acceptors (Lipinski definition) is 2. The summed E-state index contributed by atoms with van der Waals surface area (Å²) in [4.78, 5) is 13.0. The van der Waals surface area contributed by atoms with Crippen molar-refractivity contribution in [2.45, 2.75) is 96.9 Å². The van der Waals surface area contributed by atoms with Gasteiger partial charge in [-0.1, -0.05) is 114 Å². The lowest BCUT2D eigenvalue weighted by Crippen LogP contribution is -2.32. The molecule has 5 nitrogen and oxygen atoms in total. The standard InChI is InChI=1S/C36H47N3O2/c1-2-3-4-5-6-7-8-9-10-11-12-17-25-41-34-22-18-19-31(26-34)27-36(40)37-35-23-14-13-20-32(35)28-38-29-33-21-15-16-24-39(33)30-38/h13-16,18-24,26,29-30H,2-12,17,25,27-28H2,1H3/p+1. The van der Waals surface area contributed by atoms with Gasteiger partial charge in [-0.25, -0.2) is 8.97 Å². The number of imidazole rings is 1. The molecular weight excluding hydrogens is 506 g/mol. The second-order valence-electron chi connectivity index (χ2n) is 11.2. The Labute approximate surface area is 246 Å². The van der Waals surface area contributed by atoms with E-state index in [-0.39, 0.29) is 5.91 Å². The molecule has 218 valence electrons. The van der Waals surface area contributed by atoms with Gasteiger partial charge < -0.3 is 10.1 Å². The first kappa shape index (κ1) is 30.4. The maximum absolute atomic E-state index is 13.0. The Morgan fingerprint density at radius 3 is 2.27 bits per heavy atom. The van der Waals surface area contributed by atoms with E-state index in [9.17, 15) is 4.79 Å². The number of nitrogens with one attached hydrogen (secondary N) is 1. The van der Waals surface area contributed by atoms with Crippen molar-refractivity contribution in [3.05, 3.63) is 96.6 Å². The van der Waals surface area contributed by atoms with Crippen LogP contribution in [0.3, 0.4) is 0 Å². The number of fused-ring (bicyclic) bond motifs is 1. The van der Waals surface area contributed by atoms with E-state index in [0.29, 0.717) is 13.0 Å². The van der Waals surface area contributed by atoms with E-state index >= 15 is 0 Å². The molecule has 0 fully saturated rings. The van der Waals surface area contributed by atoms with Gasteiger partial charge in [-0.3, -0.25) is 4.79 Å². The number of carbonyl (C=O) groups is 1. The van der Waals surface area contributed by atoms with E-state index in [1.807, 2.05) is 60.8 Å². The monoisotopic (exact) mass is 554 g/mol. The minimum absolute atomic E-state index is 0.0254. The van der Waals surface area contributed by atoms with E-state index < -0.39 is 0 Å². The summed E-state index contributed by atoms with van der Waals surface area (Å²) < 4.78 is 10.2. The van der Waals surface area contributed by atoms with E-state index in [1.165, 1.54) is 70.6 Å². The van der Waals surface area contributed by atoms with E-state index in [1.54, 1.807) is 0 Å². The second kappa shape index (κ2) is 17.3. The highest BCUT2D eigenvalue weighted by molar-refractivity contribution is 5.93. The molecule has 0 aliphatic rings. The Morgan fingerprint density at radius 2 is 1.51 bits per heavy atom. The number of unbranched alkanes of at least 4 members (excludes halogenated alkanes) is 11. The number of pyridine rings is 1. The summed E-state index contributed by atoms with van der Waals surface area (Å²) >= 11 is 0. The average molecular weight is 555 g/mol. The fourth-order valence-corrected chi connectivity index (χ4v) is 5.37. The molecule has 0 unspecified atom stereocenters. The predicted octanol–water partition coefficient (Wildman–Crippen LogP) is 8.54. The Balaban J connectivity index is 1.14. The summed E-state index contributed by atoms with van der Waals surface area (Å²) in [7, 11) is 0. The second-order valence-corrected chi connectivity index (χ2v) is 11.2. The lowest BCUT2D eigenvalue weighted by molar-refractivity contribution is -0.686.